The zero-order chi connectivity index (χ0) is 12.9. The number of carbonyl (C=O) groups is 1. The van der Waals surface area contributed by atoms with Crippen molar-refractivity contribution in [1.29, 1.82) is 5.26 Å². The Hall–Kier alpha value is -1.13. The molecule has 0 aliphatic carbocycles. The molecule has 0 aromatic rings. The fourth-order valence-electron chi connectivity index (χ4n) is 1.82. The lowest BCUT2D eigenvalue weighted by atomic mass is 10.2. The summed E-state index contributed by atoms with van der Waals surface area (Å²) in [6.45, 7) is 0.402. The molecule has 1 aliphatic rings. The van der Waals surface area contributed by atoms with Gasteiger partial charge in [-0.3, -0.25) is 4.79 Å². The van der Waals surface area contributed by atoms with Crippen molar-refractivity contribution >= 4 is 16.0 Å². The normalized spacial score (nSPS) is 21.1. The van der Waals surface area contributed by atoms with Crippen LogP contribution in [0.5, 0.6) is 0 Å². The van der Waals surface area contributed by atoms with Crippen molar-refractivity contribution in [2.75, 3.05) is 19.4 Å². The van der Waals surface area contributed by atoms with Crippen LogP contribution < -0.4 is 0 Å². The van der Waals surface area contributed by atoms with Gasteiger partial charge in [0.05, 0.1) is 18.9 Å². The predicted molar refractivity (Wildman–Crippen MR) is 60.4 cm³/mol. The molecular formula is C10H16N2O4S. The lowest BCUT2D eigenvalue weighted by molar-refractivity contribution is -0.140. The summed E-state index contributed by atoms with van der Waals surface area (Å²) in [7, 11) is -2.16. The number of carbonyl (C=O) groups excluding carboxylic acids is 1. The Morgan fingerprint density at radius 2 is 2.29 bits per heavy atom. The Bertz CT molecular complexity index is 413. The number of hydrogen-bond donors (Lipinski definition) is 0. The summed E-state index contributed by atoms with van der Waals surface area (Å²) in [5.74, 6) is -0.529. The van der Waals surface area contributed by atoms with Gasteiger partial charge in [0, 0.05) is 13.0 Å². The zero-order valence-corrected chi connectivity index (χ0v) is 10.6. The maximum atomic E-state index is 11.9. The van der Waals surface area contributed by atoms with Gasteiger partial charge in [0.1, 0.15) is 6.04 Å². The topological polar surface area (TPSA) is 87.5 Å². The third kappa shape index (κ3) is 3.68. The van der Waals surface area contributed by atoms with E-state index in [0.29, 0.717) is 19.4 Å². The Kier molecular flexibility index (Phi) is 4.90. The molecule has 0 aromatic heterocycles. The first kappa shape index (κ1) is 13.9. The van der Waals surface area contributed by atoms with Gasteiger partial charge in [0.15, 0.2) is 0 Å². The van der Waals surface area contributed by atoms with Crippen LogP contribution in [0.3, 0.4) is 0 Å². The summed E-state index contributed by atoms with van der Waals surface area (Å²) in [5, 5.41) is 8.82. The van der Waals surface area contributed by atoms with E-state index in [2.05, 4.69) is 4.74 Å². The van der Waals surface area contributed by atoms with E-state index in [1.807, 2.05) is 6.07 Å². The van der Waals surface area contributed by atoms with Crippen molar-refractivity contribution < 1.29 is 17.9 Å². The van der Waals surface area contributed by atoms with Crippen LogP contribution in [0.25, 0.3) is 0 Å². The molecule has 0 saturated carbocycles. The highest BCUT2D eigenvalue weighted by molar-refractivity contribution is 7.89. The summed E-state index contributed by atoms with van der Waals surface area (Å²) >= 11 is 0. The first-order valence-corrected chi connectivity index (χ1v) is 7.08. The number of methoxy groups -OCH3 is 1. The van der Waals surface area contributed by atoms with Crippen LogP contribution in [0.15, 0.2) is 0 Å². The number of esters is 1. The molecule has 0 spiro atoms. The van der Waals surface area contributed by atoms with E-state index in [4.69, 9.17) is 5.26 Å². The van der Waals surface area contributed by atoms with Crippen LogP contribution in [0.1, 0.15) is 25.7 Å². The highest BCUT2D eigenvalue weighted by Gasteiger charge is 2.33. The number of rotatable bonds is 5. The van der Waals surface area contributed by atoms with E-state index in [9.17, 15) is 13.2 Å². The molecule has 0 amide bonds. The summed E-state index contributed by atoms with van der Waals surface area (Å²) < 4.78 is 29.5. The van der Waals surface area contributed by atoms with Crippen LogP contribution in [0.2, 0.25) is 0 Å². The monoisotopic (exact) mass is 260 g/mol. The van der Waals surface area contributed by atoms with Crippen molar-refractivity contribution in [2.45, 2.75) is 31.7 Å². The largest absolute Gasteiger partial charge is 0.469 e. The SMILES string of the molecule is COC(=O)CCCS(=O)(=O)N1CCCC1C#N. The van der Waals surface area contributed by atoms with Gasteiger partial charge < -0.3 is 4.74 Å². The summed E-state index contributed by atoms with van der Waals surface area (Å²) in [4.78, 5) is 10.9. The Labute approximate surface area is 101 Å². The van der Waals surface area contributed by atoms with Crippen LogP contribution in [0, 0.1) is 11.3 Å². The maximum Gasteiger partial charge on any atom is 0.305 e. The van der Waals surface area contributed by atoms with Crippen LogP contribution in [-0.4, -0.2) is 44.1 Å². The van der Waals surface area contributed by atoms with Crippen molar-refractivity contribution in [1.82, 2.24) is 4.31 Å². The third-order valence-corrected chi connectivity index (χ3v) is 4.68. The quantitative estimate of drug-likeness (QED) is 0.661. The number of nitriles is 1. The second kappa shape index (κ2) is 5.98. The van der Waals surface area contributed by atoms with Gasteiger partial charge in [-0.25, -0.2) is 8.42 Å². The molecular weight excluding hydrogens is 244 g/mol. The number of nitrogens with zero attached hydrogens (tertiary/aromatic N) is 2. The first-order chi connectivity index (χ1) is 8.01. The molecule has 1 unspecified atom stereocenters. The second-order valence-corrected chi connectivity index (χ2v) is 5.93. The van der Waals surface area contributed by atoms with Gasteiger partial charge in [-0.2, -0.15) is 9.57 Å². The smallest absolute Gasteiger partial charge is 0.305 e. The number of sulfonamides is 1. The lowest BCUT2D eigenvalue weighted by Crippen LogP contribution is -2.36. The highest BCUT2D eigenvalue weighted by atomic mass is 32.2. The average molecular weight is 260 g/mol. The molecule has 17 heavy (non-hydrogen) atoms. The molecule has 0 aromatic carbocycles. The Morgan fingerprint density at radius 3 is 2.88 bits per heavy atom. The van der Waals surface area contributed by atoms with E-state index in [0.717, 1.165) is 0 Å². The summed E-state index contributed by atoms with van der Waals surface area (Å²) in [5.41, 5.74) is 0. The zero-order valence-electron chi connectivity index (χ0n) is 9.76. The minimum absolute atomic E-state index is 0.0841. The van der Waals surface area contributed by atoms with E-state index in [-0.39, 0.29) is 18.6 Å². The Balaban J connectivity index is 2.51. The van der Waals surface area contributed by atoms with E-state index >= 15 is 0 Å². The Morgan fingerprint density at radius 1 is 1.59 bits per heavy atom. The van der Waals surface area contributed by atoms with Gasteiger partial charge >= 0.3 is 5.97 Å². The van der Waals surface area contributed by atoms with Crippen molar-refractivity contribution in [2.24, 2.45) is 0 Å². The lowest BCUT2D eigenvalue weighted by Gasteiger charge is -2.18. The molecule has 0 N–H and O–H groups in total. The maximum absolute atomic E-state index is 11.9. The molecule has 1 fully saturated rings. The molecule has 1 heterocycles. The van der Waals surface area contributed by atoms with Crippen molar-refractivity contribution in [3.63, 3.8) is 0 Å². The molecule has 7 heteroatoms. The molecule has 0 radical (unpaired) electrons. The number of hydrogen-bond acceptors (Lipinski definition) is 5. The highest BCUT2D eigenvalue weighted by Crippen LogP contribution is 2.21. The molecule has 1 aliphatic heterocycles. The van der Waals surface area contributed by atoms with Gasteiger partial charge in [-0.1, -0.05) is 0 Å². The first-order valence-electron chi connectivity index (χ1n) is 5.47. The summed E-state index contributed by atoms with van der Waals surface area (Å²) in [6, 6.07) is 1.44. The minimum Gasteiger partial charge on any atom is -0.469 e. The van der Waals surface area contributed by atoms with E-state index in [1.165, 1.54) is 11.4 Å². The van der Waals surface area contributed by atoms with Gasteiger partial charge in [0.2, 0.25) is 10.0 Å². The van der Waals surface area contributed by atoms with Crippen molar-refractivity contribution in [3.05, 3.63) is 0 Å². The van der Waals surface area contributed by atoms with Crippen molar-refractivity contribution in [3.8, 4) is 6.07 Å². The molecule has 96 valence electrons. The minimum atomic E-state index is -3.42. The molecule has 6 nitrogen and oxygen atoms in total. The van der Waals surface area contributed by atoms with Crippen LogP contribution in [-0.2, 0) is 19.6 Å². The fraction of sp³-hybridized carbons (Fsp3) is 0.800. The second-order valence-electron chi connectivity index (χ2n) is 3.89. The molecule has 0 bridgehead atoms. The van der Waals surface area contributed by atoms with Gasteiger partial charge in [-0.15, -0.1) is 0 Å². The standard InChI is InChI=1S/C10H16N2O4S/c1-16-10(13)5-3-7-17(14,15)12-6-2-4-9(12)8-11/h9H,2-7H2,1H3. The molecule has 1 rings (SSSR count). The third-order valence-electron chi connectivity index (χ3n) is 2.72. The van der Waals surface area contributed by atoms with Crippen LogP contribution >= 0.6 is 0 Å². The average Bonchev–Trinajstić information content (AvgIpc) is 2.77. The van der Waals surface area contributed by atoms with E-state index in [1.54, 1.807) is 0 Å². The summed E-state index contributed by atoms with van der Waals surface area (Å²) in [6.07, 6.45) is 1.62. The predicted octanol–water partition coefficient (Wildman–Crippen LogP) is 0.257. The van der Waals surface area contributed by atoms with Gasteiger partial charge in [0.25, 0.3) is 0 Å². The van der Waals surface area contributed by atoms with Gasteiger partial charge in [-0.05, 0) is 19.3 Å². The number of ether oxygens (including phenoxy) is 1. The van der Waals surface area contributed by atoms with Crippen LogP contribution in [0.4, 0.5) is 0 Å². The molecule has 1 atom stereocenters. The molecule has 1 saturated heterocycles. The fourth-order valence-corrected chi connectivity index (χ4v) is 3.51. The van der Waals surface area contributed by atoms with E-state index < -0.39 is 22.0 Å².